The molecule has 0 N–H and O–H groups in total. The summed E-state index contributed by atoms with van der Waals surface area (Å²) in [6.45, 7) is 7.87. The topological polar surface area (TPSA) is 34.0 Å². The summed E-state index contributed by atoms with van der Waals surface area (Å²) in [4.78, 5) is 2.57. The third-order valence-corrected chi connectivity index (χ3v) is 5.47. The van der Waals surface area contributed by atoms with E-state index in [0.717, 1.165) is 6.67 Å². The molecule has 1 aromatic heterocycles. The second-order valence-electron chi connectivity index (χ2n) is 8.15. The van der Waals surface area contributed by atoms with Crippen molar-refractivity contribution in [2.45, 2.75) is 123 Å². The van der Waals surface area contributed by atoms with Crippen LogP contribution < -0.4 is 0 Å². The van der Waals surface area contributed by atoms with Crippen molar-refractivity contribution < 1.29 is 0 Å². The Hall–Kier alpha value is -0.900. The molecule has 0 aliphatic rings. The largest absolute Gasteiger partial charge is 0.284 e. The average Bonchev–Trinajstić information content (AvgIpc) is 3.18. The maximum atomic E-state index is 4.15. The van der Waals surface area contributed by atoms with Crippen LogP contribution in [0.25, 0.3) is 0 Å². The Morgan fingerprint density at radius 1 is 0.630 bits per heavy atom. The molecule has 0 spiro atoms. The first-order valence-electron chi connectivity index (χ1n) is 11.9. The molecule has 1 rings (SSSR count). The average molecular weight is 379 g/mol. The summed E-state index contributed by atoms with van der Waals surface area (Å²) < 4.78 is 1.97. The number of aromatic nitrogens is 3. The van der Waals surface area contributed by atoms with Gasteiger partial charge in [-0.2, -0.15) is 0 Å². The smallest absolute Gasteiger partial charge is 0.0946 e. The fourth-order valence-electron chi connectivity index (χ4n) is 3.70. The van der Waals surface area contributed by atoms with Gasteiger partial charge in [0.1, 0.15) is 0 Å². The molecular weight excluding hydrogens is 332 g/mol. The Kier molecular flexibility index (Phi) is 16.5. The standard InChI is InChI=1S/C23H46N4/c1-3-5-7-9-11-13-15-17-20-26(23-27-22-19-24-25-27)21-18-16-14-12-10-8-6-4-2/h19,22H,3-18,20-21,23H2,1-2H3. The summed E-state index contributed by atoms with van der Waals surface area (Å²) >= 11 is 0. The Morgan fingerprint density at radius 2 is 1.07 bits per heavy atom. The molecule has 0 amide bonds. The second-order valence-corrected chi connectivity index (χ2v) is 8.15. The first-order valence-corrected chi connectivity index (χ1v) is 11.9. The summed E-state index contributed by atoms with van der Waals surface area (Å²) in [7, 11) is 0. The predicted octanol–water partition coefficient (Wildman–Crippen LogP) is 6.82. The van der Waals surface area contributed by atoms with E-state index in [9.17, 15) is 0 Å². The van der Waals surface area contributed by atoms with Crippen LogP contribution in [-0.2, 0) is 6.67 Å². The highest BCUT2D eigenvalue weighted by Gasteiger charge is 2.06. The van der Waals surface area contributed by atoms with Crippen LogP contribution >= 0.6 is 0 Å². The Bertz CT molecular complexity index is 371. The minimum Gasteiger partial charge on any atom is -0.284 e. The van der Waals surface area contributed by atoms with E-state index in [1.165, 1.54) is 116 Å². The molecule has 0 aromatic carbocycles. The fourth-order valence-corrected chi connectivity index (χ4v) is 3.70. The van der Waals surface area contributed by atoms with Gasteiger partial charge in [-0.05, 0) is 25.9 Å². The van der Waals surface area contributed by atoms with E-state index < -0.39 is 0 Å². The molecule has 0 aliphatic heterocycles. The number of unbranched alkanes of at least 4 members (excludes halogenated alkanes) is 14. The summed E-state index contributed by atoms with van der Waals surface area (Å²) in [5.41, 5.74) is 0. The highest BCUT2D eigenvalue weighted by Crippen LogP contribution is 2.11. The van der Waals surface area contributed by atoms with Crippen LogP contribution in [0.15, 0.2) is 12.4 Å². The molecule has 0 fully saturated rings. The lowest BCUT2D eigenvalue weighted by Gasteiger charge is -2.22. The van der Waals surface area contributed by atoms with Crippen molar-refractivity contribution in [2.24, 2.45) is 0 Å². The second kappa shape index (κ2) is 18.5. The molecular formula is C23H46N4. The van der Waals surface area contributed by atoms with Gasteiger partial charge in [0.25, 0.3) is 0 Å². The van der Waals surface area contributed by atoms with E-state index in [1.807, 2.05) is 10.9 Å². The van der Waals surface area contributed by atoms with Gasteiger partial charge in [0.15, 0.2) is 0 Å². The fraction of sp³-hybridized carbons (Fsp3) is 0.913. The molecule has 0 unspecified atom stereocenters. The molecule has 0 radical (unpaired) electrons. The van der Waals surface area contributed by atoms with E-state index in [4.69, 9.17) is 0 Å². The van der Waals surface area contributed by atoms with Gasteiger partial charge in [0.2, 0.25) is 0 Å². The van der Waals surface area contributed by atoms with Crippen molar-refractivity contribution in [2.75, 3.05) is 13.1 Å². The molecule has 1 heterocycles. The summed E-state index contributed by atoms with van der Waals surface area (Å²) in [5.74, 6) is 0. The first-order chi connectivity index (χ1) is 13.4. The normalized spacial score (nSPS) is 11.5. The minimum atomic E-state index is 0.896. The zero-order valence-corrected chi connectivity index (χ0v) is 18.4. The summed E-state index contributed by atoms with van der Waals surface area (Å²) in [6, 6.07) is 0. The van der Waals surface area contributed by atoms with E-state index in [1.54, 1.807) is 6.20 Å². The number of hydrogen-bond donors (Lipinski definition) is 0. The molecule has 27 heavy (non-hydrogen) atoms. The molecule has 0 aliphatic carbocycles. The first kappa shape index (κ1) is 24.1. The zero-order chi connectivity index (χ0) is 19.4. The van der Waals surface area contributed by atoms with Crippen LogP contribution in [0, 0.1) is 0 Å². The lowest BCUT2D eigenvalue weighted by Crippen LogP contribution is -2.29. The van der Waals surface area contributed by atoms with Gasteiger partial charge in [-0.25, -0.2) is 4.68 Å². The monoisotopic (exact) mass is 378 g/mol. The predicted molar refractivity (Wildman–Crippen MR) is 117 cm³/mol. The van der Waals surface area contributed by atoms with Crippen molar-refractivity contribution in [1.29, 1.82) is 0 Å². The van der Waals surface area contributed by atoms with Crippen LogP contribution in [0.4, 0.5) is 0 Å². The third-order valence-electron chi connectivity index (χ3n) is 5.47. The van der Waals surface area contributed by atoms with Gasteiger partial charge in [-0.3, -0.25) is 4.90 Å². The van der Waals surface area contributed by atoms with Crippen LogP contribution in [0.1, 0.15) is 117 Å². The van der Waals surface area contributed by atoms with Gasteiger partial charge in [-0.15, -0.1) is 5.10 Å². The van der Waals surface area contributed by atoms with Gasteiger partial charge in [0.05, 0.1) is 12.9 Å². The van der Waals surface area contributed by atoms with E-state index in [2.05, 4.69) is 29.1 Å². The van der Waals surface area contributed by atoms with Crippen molar-refractivity contribution in [3.63, 3.8) is 0 Å². The third kappa shape index (κ3) is 14.8. The number of nitrogens with zero attached hydrogens (tertiary/aromatic N) is 4. The van der Waals surface area contributed by atoms with Crippen LogP contribution in [0.5, 0.6) is 0 Å². The van der Waals surface area contributed by atoms with Gasteiger partial charge in [0, 0.05) is 6.20 Å². The minimum absolute atomic E-state index is 0.896. The van der Waals surface area contributed by atoms with Gasteiger partial charge < -0.3 is 0 Å². The zero-order valence-electron chi connectivity index (χ0n) is 18.4. The highest BCUT2D eigenvalue weighted by atomic mass is 15.5. The van der Waals surface area contributed by atoms with Crippen molar-refractivity contribution in [3.05, 3.63) is 12.4 Å². The van der Waals surface area contributed by atoms with E-state index in [0.29, 0.717) is 0 Å². The van der Waals surface area contributed by atoms with Crippen LogP contribution in [0.3, 0.4) is 0 Å². The molecule has 0 saturated heterocycles. The molecule has 1 aromatic rings. The van der Waals surface area contributed by atoms with Gasteiger partial charge >= 0.3 is 0 Å². The maximum Gasteiger partial charge on any atom is 0.0946 e. The van der Waals surface area contributed by atoms with Crippen LogP contribution in [-0.4, -0.2) is 33.0 Å². The molecule has 4 nitrogen and oxygen atoms in total. The Labute approximate surface area is 169 Å². The number of rotatable bonds is 20. The maximum absolute atomic E-state index is 4.15. The Morgan fingerprint density at radius 3 is 1.48 bits per heavy atom. The highest BCUT2D eigenvalue weighted by molar-refractivity contribution is 4.65. The lowest BCUT2D eigenvalue weighted by atomic mass is 10.1. The quantitative estimate of drug-likeness (QED) is 0.233. The number of hydrogen-bond acceptors (Lipinski definition) is 3. The van der Waals surface area contributed by atoms with E-state index >= 15 is 0 Å². The van der Waals surface area contributed by atoms with Crippen molar-refractivity contribution in [1.82, 2.24) is 19.9 Å². The SMILES string of the molecule is CCCCCCCCCCN(CCCCCCCCCC)Cn1ccnn1. The molecule has 0 saturated carbocycles. The van der Waals surface area contributed by atoms with Crippen LogP contribution in [0.2, 0.25) is 0 Å². The van der Waals surface area contributed by atoms with Crippen molar-refractivity contribution in [3.8, 4) is 0 Å². The molecule has 0 atom stereocenters. The molecule has 158 valence electrons. The molecule has 4 heteroatoms. The van der Waals surface area contributed by atoms with Crippen molar-refractivity contribution >= 4 is 0 Å². The van der Waals surface area contributed by atoms with Gasteiger partial charge in [-0.1, -0.05) is 109 Å². The lowest BCUT2D eigenvalue weighted by molar-refractivity contribution is 0.196. The van der Waals surface area contributed by atoms with E-state index in [-0.39, 0.29) is 0 Å². The Balaban J connectivity index is 2.10. The summed E-state index contributed by atoms with van der Waals surface area (Å²) in [5, 5.41) is 8.11. The molecule has 0 bridgehead atoms. The summed E-state index contributed by atoms with van der Waals surface area (Å²) in [6.07, 6.45) is 26.0.